The van der Waals surface area contributed by atoms with Gasteiger partial charge in [-0.25, -0.2) is 4.39 Å². The zero-order valence-corrected chi connectivity index (χ0v) is 6.95. The topological polar surface area (TPSA) is 21.3 Å². The molecular formula is C8H6FNOS. The standard InChI is InChI=1S/C8H6FNOS/c9-6-2-1-5-4-11-8(12)10-7(5)3-6/h1-3H,4H2,(H,10,12). The maximum atomic E-state index is 12.7. The van der Waals surface area contributed by atoms with Crippen LogP contribution in [0.25, 0.3) is 0 Å². The molecule has 0 bridgehead atoms. The first-order valence-corrected chi connectivity index (χ1v) is 3.89. The van der Waals surface area contributed by atoms with Crippen molar-refractivity contribution in [2.24, 2.45) is 0 Å². The Labute approximate surface area is 74.3 Å². The molecule has 2 rings (SSSR count). The Morgan fingerprint density at radius 1 is 1.50 bits per heavy atom. The second kappa shape index (κ2) is 2.71. The van der Waals surface area contributed by atoms with E-state index in [9.17, 15) is 4.39 Å². The van der Waals surface area contributed by atoms with Gasteiger partial charge < -0.3 is 10.1 Å². The lowest BCUT2D eigenvalue weighted by Crippen LogP contribution is -2.19. The molecule has 12 heavy (non-hydrogen) atoms. The summed E-state index contributed by atoms with van der Waals surface area (Å²) in [5.74, 6) is -0.272. The molecule has 0 unspecified atom stereocenters. The number of anilines is 1. The molecule has 0 fully saturated rings. The van der Waals surface area contributed by atoms with E-state index >= 15 is 0 Å². The monoisotopic (exact) mass is 183 g/mol. The average Bonchev–Trinajstić information content (AvgIpc) is 2.03. The molecule has 0 radical (unpaired) electrons. The molecule has 4 heteroatoms. The Hall–Kier alpha value is -1.16. The molecule has 0 aliphatic carbocycles. The summed E-state index contributed by atoms with van der Waals surface area (Å²) in [6, 6.07) is 4.49. The van der Waals surface area contributed by atoms with Gasteiger partial charge in [-0.2, -0.15) is 0 Å². The van der Waals surface area contributed by atoms with Crippen LogP contribution in [0.3, 0.4) is 0 Å². The molecule has 1 aromatic carbocycles. The van der Waals surface area contributed by atoms with Gasteiger partial charge in [0.1, 0.15) is 12.4 Å². The molecule has 1 N–H and O–H groups in total. The normalized spacial score (nSPS) is 14.6. The highest BCUT2D eigenvalue weighted by Gasteiger charge is 2.12. The van der Waals surface area contributed by atoms with E-state index in [-0.39, 0.29) is 5.82 Å². The Balaban J connectivity index is 2.44. The SMILES string of the molecule is Fc1ccc2c(c1)NC(=S)OC2. The Bertz CT molecular complexity index is 340. The fourth-order valence-electron chi connectivity index (χ4n) is 1.08. The summed E-state index contributed by atoms with van der Waals surface area (Å²) in [6.07, 6.45) is 0. The number of benzene rings is 1. The second-order valence-corrected chi connectivity index (χ2v) is 2.87. The van der Waals surface area contributed by atoms with Gasteiger partial charge in [-0.15, -0.1) is 0 Å². The number of fused-ring (bicyclic) bond motifs is 1. The quantitative estimate of drug-likeness (QED) is 0.622. The highest BCUT2D eigenvalue weighted by atomic mass is 32.1. The number of hydrogen-bond acceptors (Lipinski definition) is 2. The van der Waals surface area contributed by atoms with E-state index in [1.807, 2.05) is 0 Å². The highest BCUT2D eigenvalue weighted by Crippen LogP contribution is 2.21. The fourth-order valence-corrected chi connectivity index (χ4v) is 1.25. The van der Waals surface area contributed by atoms with Crippen molar-refractivity contribution in [3.8, 4) is 0 Å². The van der Waals surface area contributed by atoms with E-state index in [0.717, 1.165) is 5.56 Å². The van der Waals surface area contributed by atoms with Crippen molar-refractivity contribution in [2.45, 2.75) is 6.61 Å². The Kier molecular flexibility index (Phi) is 1.69. The number of thiocarbonyl (C=S) groups is 1. The minimum atomic E-state index is -0.272. The van der Waals surface area contributed by atoms with Crippen molar-refractivity contribution in [2.75, 3.05) is 5.32 Å². The minimum absolute atomic E-state index is 0.272. The molecular weight excluding hydrogens is 177 g/mol. The van der Waals surface area contributed by atoms with Gasteiger partial charge in [0, 0.05) is 5.56 Å². The van der Waals surface area contributed by atoms with Crippen LogP contribution in [-0.4, -0.2) is 5.17 Å². The summed E-state index contributed by atoms with van der Waals surface area (Å²) in [5.41, 5.74) is 1.62. The van der Waals surface area contributed by atoms with Crippen molar-refractivity contribution < 1.29 is 9.13 Å². The van der Waals surface area contributed by atoms with Crippen molar-refractivity contribution in [1.29, 1.82) is 0 Å². The smallest absolute Gasteiger partial charge is 0.261 e. The molecule has 0 spiro atoms. The van der Waals surface area contributed by atoms with Crippen molar-refractivity contribution in [1.82, 2.24) is 0 Å². The van der Waals surface area contributed by atoms with Gasteiger partial charge >= 0.3 is 0 Å². The number of rotatable bonds is 0. The van der Waals surface area contributed by atoms with Crippen molar-refractivity contribution >= 4 is 23.1 Å². The fraction of sp³-hybridized carbons (Fsp3) is 0.125. The summed E-state index contributed by atoms with van der Waals surface area (Å²) in [5, 5.41) is 3.07. The van der Waals surface area contributed by atoms with E-state index in [1.54, 1.807) is 6.07 Å². The van der Waals surface area contributed by atoms with Crippen LogP contribution >= 0.6 is 12.2 Å². The van der Waals surface area contributed by atoms with Gasteiger partial charge in [-0.05, 0) is 24.4 Å². The Morgan fingerprint density at radius 3 is 3.17 bits per heavy atom. The lowest BCUT2D eigenvalue weighted by molar-refractivity contribution is 0.294. The van der Waals surface area contributed by atoms with Crippen LogP contribution in [0.15, 0.2) is 18.2 Å². The molecule has 62 valence electrons. The maximum absolute atomic E-state index is 12.7. The van der Waals surface area contributed by atoms with Crippen LogP contribution in [0.2, 0.25) is 0 Å². The number of hydrogen-bond donors (Lipinski definition) is 1. The number of halogens is 1. The van der Waals surface area contributed by atoms with Crippen molar-refractivity contribution in [3.63, 3.8) is 0 Å². The molecule has 1 aliphatic rings. The lowest BCUT2D eigenvalue weighted by atomic mass is 10.2. The molecule has 0 atom stereocenters. The first-order chi connectivity index (χ1) is 5.75. The van der Waals surface area contributed by atoms with Gasteiger partial charge in [0.25, 0.3) is 5.17 Å². The van der Waals surface area contributed by atoms with Gasteiger partial charge in [0.15, 0.2) is 0 Å². The second-order valence-electron chi connectivity index (χ2n) is 2.50. The zero-order chi connectivity index (χ0) is 8.55. The van der Waals surface area contributed by atoms with Crippen LogP contribution in [0.4, 0.5) is 10.1 Å². The summed E-state index contributed by atoms with van der Waals surface area (Å²) >= 11 is 4.77. The molecule has 1 heterocycles. The average molecular weight is 183 g/mol. The maximum Gasteiger partial charge on any atom is 0.261 e. The Morgan fingerprint density at radius 2 is 2.33 bits per heavy atom. The van der Waals surface area contributed by atoms with Crippen LogP contribution in [0.5, 0.6) is 0 Å². The predicted octanol–water partition coefficient (Wildman–Crippen LogP) is 2.05. The summed E-state index contributed by atoms with van der Waals surface area (Å²) < 4.78 is 17.7. The van der Waals surface area contributed by atoms with Crippen LogP contribution in [-0.2, 0) is 11.3 Å². The van der Waals surface area contributed by atoms with Crippen molar-refractivity contribution in [3.05, 3.63) is 29.6 Å². The van der Waals surface area contributed by atoms with E-state index in [1.165, 1.54) is 12.1 Å². The first-order valence-electron chi connectivity index (χ1n) is 3.48. The molecule has 0 aromatic heterocycles. The third kappa shape index (κ3) is 1.25. The van der Waals surface area contributed by atoms with Gasteiger partial charge in [-0.3, -0.25) is 0 Å². The third-order valence-corrected chi connectivity index (χ3v) is 1.89. The molecule has 0 saturated heterocycles. The summed E-state index contributed by atoms with van der Waals surface area (Å²) in [7, 11) is 0. The third-order valence-electron chi connectivity index (χ3n) is 1.67. The first kappa shape index (κ1) is 7.49. The van der Waals surface area contributed by atoms with Crippen LogP contribution in [0, 0.1) is 5.82 Å². The minimum Gasteiger partial charge on any atom is -0.466 e. The summed E-state index contributed by atoms with van der Waals surface area (Å²) in [6.45, 7) is 0.418. The summed E-state index contributed by atoms with van der Waals surface area (Å²) in [4.78, 5) is 0. The van der Waals surface area contributed by atoms with Gasteiger partial charge in [0.05, 0.1) is 5.69 Å². The van der Waals surface area contributed by atoms with Crippen LogP contribution < -0.4 is 5.32 Å². The zero-order valence-electron chi connectivity index (χ0n) is 6.13. The molecule has 2 nitrogen and oxygen atoms in total. The van der Waals surface area contributed by atoms with Gasteiger partial charge in [-0.1, -0.05) is 6.07 Å². The number of ether oxygens (including phenoxy) is 1. The van der Waals surface area contributed by atoms with E-state index in [4.69, 9.17) is 17.0 Å². The lowest BCUT2D eigenvalue weighted by Gasteiger charge is -2.18. The van der Waals surface area contributed by atoms with Gasteiger partial charge in [0.2, 0.25) is 0 Å². The van der Waals surface area contributed by atoms with Crippen LogP contribution in [0.1, 0.15) is 5.56 Å². The van der Waals surface area contributed by atoms with E-state index < -0.39 is 0 Å². The highest BCUT2D eigenvalue weighted by molar-refractivity contribution is 7.80. The largest absolute Gasteiger partial charge is 0.466 e. The molecule has 1 aromatic rings. The molecule has 1 aliphatic heterocycles. The molecule has 0 amide bonds. The molecule has 0 saturated carbocycles. The van der Waals surface area contributed by atoms with E-state index in [0.29, 0.717) is 17.5 Å². The predicted molar refractivity (Wildman–Crippen MR) is 47.4 cm³/mol. The number of nitrogens with one attached hydrogen (secondary N) is 1. The van der Waals surface area contributed by atoms with E-state index in [2.05, 4.69) is 5.32 Å².